The summed E-state index contributed by atoms with van der Waals surface area (Å²) in [5, 5.41) is 8.76. The summed E-state index contributed by atoms with van der Waals surface area (Å²) in [4.78, 5) is 30.2. The minimum Gasteiger partial charge on any atom is -0.494 e. The van der Waals surface area contributed by atoms with Crippen molar-refractivity contribution in [3.63, 3.8) is 0 Å². The molecule has 0 bridgehead atoms. The van der Waals surface area contributed by atoms with Crippen molar-refractivity contribution in [2.75, 3.05) is 19.0 Å². The predicted molar refractivity (Wildman–Crippen MR) is 135 cm³/mol. The third-order valence-corrected chi connectivity index (χ3v) is 5.76. The Morgan fingerprint density at radius 3 is 2.63 bits per heavy atom. The molecule has 35 heavy (non-hydrogen) atoms. The first-order chi connectivity index (χ1) is 16.9. The first kappa shape index (κ1) is 24.2. The molecule has 0 radical (unpaired) electrons. The normalized spacial score (nSPS) is 10.9. The van der Waals surface area contributed by atoms with E-state index in [1.165, 1.54) is 10.9 Å². The second kappa shape index (κ2) is 10.6. The summed E-state index contributed by atoms with van der Waals surface area (Å²) in [5.41, 5.74) is 2.71. The molecule has 0 aliphatic heterocycles. The number of amides is 1. The molecule has 8 nitrogen and oxygen atoms in total. The molecule has 2 heterocycles. The maximum atomic E-state index is 12.9. The molecule has 9 heteroatoms. The van der Waals surface area contributed by atoms with E-state index in [0.29, 0.717) is 28.5 Å². The topological polar surface area (TPSA) is 95.3 Å². The van der Waals surface area contributed by atoms with Gasteiger partial charge in [-0.3, -0.25) is 4.79 Å². The zero-order valence-corrected chi connectivity index (χ0v) is 20.4. The van der Waals surface area contributed by atoms with Gasteiger partial charge in [0.25, 0.3) is 0 Å². The Labute approximate surface area is 207 Å². The second-order valence-corrected chi connectivity index (χ2v) is 8.30. The summed E-state index contributed by atoms with van der Waals surface area (Å²) in [6, 6.07) is 14.8. The quantitative estimate of drug-likeness (QED) is 0.342. The number of halogens is 1. The molecule has 4 aromatic rings. The molecule has 0 saturated carbocycles. The molecule has 0 atom stereocenters. The van der Waals surface area contributed by atoms with Crippen molar-refractivity contribution in [3.8, 4) is 11.6 Å². The maximum absolute atomic E-state index is 12.9. The lowest BCUT2D eigenvalue weighted by Crippen LogP contribution is -2.18. The molecule has 0 saturated heterocycles. The van der Waals surface area contributed by atoms with E-state index in [-0.39, 0.29) is 30.3 Å². The third-order valence-electron chi connectivity index (χ3n) is 5.51. The van der Waals surface area contributed by atoms with Crippen LogP contribution in [0, 0.1) is 6.92 Å². The lowest BCUT2D eigenvalue weighted by Gasteiger charge is -2.13. The minimum atomic E-state index is -0.582. The number of ether oxygens (including phenoxy) is 2. The molecular formula is C26H25ClN4O4. The van der Waals surface area contributed by atoms with Crippen molar-refractivity contribution in [2.24, 2.45) is 0 Å². The maximum Gasteiger partial charge on any atom is 0.343 e. The van der Waals surface area contributed by atoms with Crippen molar-refractivity contribution >= 4 is 40.2 Å². The molecule has 0 unspecified atom stereocenters. The highest BCUT2D eigenvalue weighted by Crippen LogP contribution is 2.29. The van der Waals surface area contributed by atoms with Gasteiger partial charge < -0.3 is 14.8 Å². The van der Waals surface area contributed by atoms with Crippen LogP contribution in [-0.2, 0) is 16.0 Å². The van der Waals surface area contributed by atoms with Crippen LogP contribution in [0.3, 0.4) is 0 Å². The number of anilines is 1. The number of aryl methyl sites for hydroxylation is 2. The van der Waals surface area contributed by atoms with Gasteiger partial charge in [-0.2, -0.15) is 9.78 Å². The number of carbonyl (C=O) groups excluding carboxylic acids is 2. The minimum absolute atomic E-state index is 0.145. The number of rotatable bonds is 8. The number of benzene rings is 2. The Kier molecular flexibility index (Phi) is 7.31. The van der Waals surface area contributed by atoms with Crippen LogP contribution in [0.5, 0.6) is 5.75 Å². The molecule has 0 fully saturated rings. The van der Waals surface area contributed by atoms with Crippen molar-refractivity contribution in [1.82, 2.24) is 14.8 Å². The number of pyridine rings is 1. The summed E-state index contributed by atoms with van der Waals surface area (Å²) >= 11 is 5.94. The number of hydrogen-bond donors (Lipinski definition) is 1. The number of hydrogen-bond acceptors (Lipinski definition) is 6. The molecule has 0 spiro atoms. The molecule has 2 aromatic heterocycles. The second-order valence-electron chi connectivity index (χ2n) is 7.87. The van der Waals surface area contributed by atoms with Gasteiger partial charge in [0.05, 0.1) is 19.9 Å². The van der Waals surface area contributed by atoms with Gasteiger partial charge in [0.15, 0.2) is 11.6 Å². The van der Waals surface area contributed by atoms with E-state index < -0.39 is 5.97 Å². The van der Waals surface area contributed by atoms with E-state index in [4.69, 9.17) is 26.1 Å². The fourth-order valence-corrected chi connectivity index (χ4v) is 3.88. The van der Waals surface area contributed by atoms with E-state index in [2.05, 4.69) is 10.4 Å². The lowest BCUT2D eigenvalue weighted by atomic mass is 10.1. The molecule has 180 valence electrons. The average Bonchev–Trinajstić information content (AvgIpc) is 3.27. The monoisotopic (exact) mass is 492 g/mol. The molecule has 4 rings (SSSR count). The first-order valence-electron chi connectivity index (χ1n) is 11.2. The number of para-hydroxylation sites is 1. The predicted octanol–water partition coefficient (Wildman–Crippen LogP) is 5.14. The number of carbonyl (C=O) groups is 2. The van der Waals surface area contributed by atoms with Gasteiger partial charge in [-0.1, -0.05) is 35.9 Å². The van der Waals surface area contributed by atoms with Crippen LogP contribution in [0.2, 0.25) is 5.02 Å². The standard InChI is InChI=1S/C26H25ClN4O4/c1-4-35-26(33)20-15-28-31(22-14-16(2)19-6-5-7-21(34-3)24(19)29-22)25(20)30-23(32)13-10-17-8-11-18(27)12-9-17/h5-9,11-12,14-15H,4,10,13H2,1-3H3,(H,30,32). The summed E-state index contributed by atoms with van der Waals surface area (Å²) in [5.74, 6) is 0.386. The van der Waals surface area contributed by atoms with Crippen LogP contribution in [0.25, 0.3) is 16.7 Å². The van der Waals surface area contributed by atoms with Crippen LogP contribution in [0.1, 0.15) is 34.8 Å². The molecule has 1 N–H and O–H groups in total. The van der Waals surface area contributed by atoms with Crippen molar-refractivity contribution in [1.29, 1.82) is 0 Å². The number of aromatic nitrogens is 3. The van der Waals surface area contributed by atoms with Crippen LogP contribution in [0.4, 0.5) is 5.82 Å². The Morgan fingerprint density at radius 1 is 1.14 bits per heavy atom. The number of nitrogens with one attached hydrogen (secondary N) is 1. The highest BCUT2D eigenvalue weighted by atomic mass is 35.5. The van der Waals surface area contributed by atoms with Crippen molar-refractivity contribution in [3.05, 3.63) is 76.4 Å². The van der Waals surface area contributed by atoms with Gasteiger partial charge in [-0.25, -0.2) is 9.78 Å². The van der Waals surface area contributed by atoms with Crippen LogP contribution in [0.15, 0.2) is 54.7 Å². The number of methoxy groups -OCH3 is 1. The SMILES string of the molecule is CCOC(=O)c1cnn(-c2cc(C)c3cccc(OC)c3n2)c1NC(=O)CCc1ccc(Cl)cc1. The van der Waals surface area contributed by atoms with E-state index >= 15 is 0 Å². The zero-order valence-electron chi connectivity index (χ0n) is 19.7. The zero-order chi connectivity index (χ0) is 24.9. The van der Waals surface area contributed by atoms with Crippen LogP contribution < -0.4 is 10.1 Å². The highest BCUT2D eigenvalue weighted by molar-refractivity contribution is 6.30. The summed E-state index contributed by atoms with van der Waals surface area (Å²) in [6.45, 7) is 3.86. The Hall–Kier alpha value is -3.91. The van der Waals surface area contributed by atoms with Gasteiger partial charge in [0.2, 0.25) is 5.91 Å². The van der Waals surface area contributed by atoms with Gasteiger partial charge in [-0.15, -0.1) is 0 Å². The first-order valence-corrected chi connectivity index (χ1v) is 11.5. The average molecular weight is 493 g/mol. The fourth-order valence-electron chi connectivity index (χ4n) is 3.75. The summed E-state index contributed by atoms with van der Waals surface area (Å²) < 4.78 is 12.1. The van der Waals surface area contributed by atoms with Gasteiger partial charge in [-0.05, 0) is 55.7 Å². The molecule has 0 aliphatic rings. The lowest BCUT2D eigenvalue weighted by molar-refractivity contribution is -0.116. The molecular weight excluding hydrogens is 468 g/mol. The van der Waals surface area contributed by atoms with Crippen molar-refractivity contribution < 1.29 is 19.1 Å². The Morgan fingerprint density at radius 2 is 1.91 bits per heavy atom. The number of nitrogens with zero attached hydrogens (tertiary/aromatic N) is 3. The van der Waals surface area contributed by atoms with E-state index in [1.54, 1.807) is 26.2 Å². The Bertz CT molecular complexity index is 1380. The number of esters is 1. The van der Waals surface area contributed by atoms with Crippen LogP contribution in [-0.4, -0.2) is 40.4 Å². The molecule has 2 aromatic carbocycles. The van der Waals surface area contributed by atoms with Gasteiger partial charge in [0, 0.05) is 16.8 Å². The smallest absolute Gasteiger partial charge is 0.343 e. The molecule has 1 amide bonds. The van der Waals surface area contributed by atoms with E-state index in [1.807, 2.05) is 43.3 Å². The van der Waals surface area contributed by atoms with Crippen LogP contribution >= 0.6 is 11.6 Å². The third kappa shape index (κ3) is 5.27. The fraction of sp³-hybridized carbons (Fsp3) is 0.231. The van der Waals surface area contributed by atoms with E-state index in [9.17, 15) is 9.59 Å². The van der Waals surface area contributed by atoms with E-state index in [0.717, 1.165) is 16.5 Å². The van der Waals surface area contributed by atoms with Gasteiger partial charge in [0.1, 0.15) is 16.8 Å². The Balaban J connectivity index is 1.69. The van der Waals surface area contributed by atoms with Crippen molar-refractivity contribution in [2.45, 2.75) is 26.7 Å². The van der Waals surface area contributed by atoms with Gasteiger partial charge >= 0.3 is 5.97 Å². The molecule has 0 aliphatic carbocycles. The summed E-state index contributed by atoms with van der Waals surface area (Å²) in [6.07, 6.45) is 2.08. The highest BCUT2D eigenvalue weighted by Gasteiger charge is 2.23. The number of fused-ring (bicyclic) bond motifs is 1. The largest absolute Gasteiger partial charge is 0.494 e. The summed E-state index contributed by atoms with van der Waals surface area (Å²) in [7, 11) is 1.58.